The molecule has 124 valence electrons. The Morgan fingerprint density at radius 1 is 1.00 bits per heavy atom. The number of nitrogens with two attached hydrogens (primary N) is 1. The Kier molecular flexibility index (Phi) is 5.47. The van der Waals surface area contributed by atoms with Crippen LogP contribution in [-0.2, 0) is 10.0 Å². The first-order chi connectivity index (χ1) is 10.5. The van der Waals surface area contributed by atoms with Gasteiger partial charge in [-0.3, -0.25) is 0 Å². The zero-order chi connectivity index (χ0) is 15.7. The van der Waals surface area contributed by atoms with Crippen LogP contribution in [0.5, 0.6) is 0 Å². The third-order valence-corrected chi connectivity index (χ3v) is 6.26. The summed E-state index contributed by atoms with van der Waals surface area (Å²) in [4.78, 5) is 0.371. The Labute approximate surface area is 143 Å². The molecule has 0 radical (unpaired) electrons. The Balaban J connectivity index is 0.00000192. The standard InChI is InChI=1S/C17H20N2O2S.ClH/c1-13-7-5-6-10-17(13)22(20,21)19-11-15(16(18)12-19)14-8-3-2-4-9-14;/h2-10,15-16H,11-12,18H2,1H3;1H/t15-,16+;/m0./s1. The Morgan fingerprint density at radius 3 is 2.26 bits per heavy atom. The second-order valence-corrected chi connectivity index (χ2v) is 7.67. The van der Waals surface area contributed by atoms with Gasteiger partial charge in [0, 0.05) is 25.0 Å². The van der Waals surface area contributed by atoms with Crippen LogP contribution in [0.2, 0.25) is 0 Å². The van der Waals surface area contributed by atoms with E-state index in [1.54, 1.807) is 12.1 Å². The monoisotopic (exact) mass is 352 g/mol. The molecule has 0 unspecified atom stereocenters. The molecule has 2 aromatic rings. The summed E-state index contributed by atoms with van der Waals surface area (Å²) >= 11 is 0. The van der Waals surface area contributed by atoms with Gasteiger partial charge < -0.3 is 5.73 Å². The van der Waals surface area contributed by atoms with Crippen molar-refractivity contribution in [3.8, 4) is 0 Å². The molecule has 0 saturated carbocycles. The van der Waals surface area contributed by atoms with Gasteiger partial charge in [0.25, 0.3) is 0 Å². The fraction of sp³-hybridized carbons (Fsp3) is 0.294. The Bertz CT molecular complexity index is 765. The molecule has 1 aliphatic heterocycles. The Morgan fingerprint density at radius 2 is 1.61 bits per heavy atom. The molecule has 0 aromatic heterocycles. The number of benzene rings is 2. The number of hydrogen-bond donors (Lipinski definition) is 1. The summed E-state index contributed by atoms with van der Waals surface area (Å²) in [6.07, 6.45) is 0. The van der Waals surface area contributed by atoms with Crippen molar-refractivity contribution in [2.75, 3.05) is 13.1 Å². The first kappa shape index (κ1) is 17.9. The maximum Gasteiger partial charge on any atom is 0.243 e. The van der Waals surface area contributed by atoms with Gasteiger partial charge in [-0.2, -0.15) is 4.31 Å². The highest BCUT2D eigenvalue weighted by molar-refractivity contribution is 7.89. The van der Waals surface area contributed by atoms with E-state index in [1.165, 1.54) is 4.31 Å². The molecule has 23 heavy (non-hydrogen) atoms. The van der Waals surface area contributed by atoms with Crippen LogP contribution < -0.4 is 5.73 Å². The molecule has 1 heterocycles. The number of hydrogen-bond acceptors (Lipinski definition) is 3. The molecule has 3 rings (SSSR count). The molecule has 2 aromatic carbocycles. The van der Waals surface area contributed by atoms with Crippen LogP contribution in [0, 0.1) is 6.92 Å². The van der Waals surface area contributed by atoms with E-state index in [4.69, 9.17) is 5.73 Å². The molecule has 2 N–H and O–H groups in total. The minimum atomic E-state index is -3.49. The summed E-state index contributed by atoms with van der Waals surface area (Å²) in [6, 6.07) is 16.8. The molecule has 2 atom stereocenters. The second-order valence-electron chi connectivity index (χ2n) is 5.77. The zero-order valence-corrected chi connectivity index (χ0v) is 14.6. The van der Waals surface area contributed by atoms with Gasteiger partial charge in [-0.05, 0) is 24.1 Å². The SMILES string of the molecule is Cc1ccccc1S(=O)(=O)N1C[C@@H](N)[C@H](c2ccccc2)C1.Cl. The van der Waals surface area contributed by atoms with Crippen LogP contribution in [0.4, 0.5) is 0 Å². The van der Waals surface area contributed by atoms with Crippen molar-refractivity contribution in [2.24, 2.45) is 5.73 Å². The second kappa shape index (κ2) is 7.01. The van der Waals surface area contributed by atoms with Gasteiger partial charge in [-0.1, -0.05) is 48.5 Å². The molecule has 6 heteroatoms. The molecular formula is C17H21ClN2O2S. The van der Waals surface area contributed by atoms with Crippen LogP contribution in [0.25, 0.3) is 0 Å². The normalized spacial score (nSPS) is 21.8. The highest BCUT2D eigenvalue weighted by Crippen LogP contribution is 2.31. The molecule has 1 fully saturated rings. The van der Waals surface area contributed by atoms with E-state index in [2.05, 4.69) is 0 Å². The van der Waals surface area contributed by atoms with E-state index in [1.807, 2.05) is 49.4 Å². The van der Waals surface area contributed by atoms with Crippen molar-refractivity contribution in [1.29, 1.82) is 0 Å². The van der Waals surface area contributed by atoms with Crippen LogP contribution in [0.1, 0.15) is 17.0 Å². The first-order valence-corrected chi connectivity index (χ1v) is 8.80. The summed E-state index contributed by atoms with van der Waals surface area (Å²) in [5.74, 6) is 0.0417. The maximum absolute atomic E-state index is 12.8. The summed E-state index contributed by atoms with van der Waals surface area (Å²) in [5, 5.41) is 0. The molecule has 0 spiro atoms. The van der Waals surface area contributed by atoms with Crippen LogP contribution >= 0.6 is 12.4 Å². The van der Waals surface area contributed by atoms with Crippen molar-refractivity contribution in [3.63, 3.8) is 0 Å². The van der Waals surface area contributed by atoms with Crippen molar-refractivity contribution in [1.82, 2.24) is 4.31 Å². The number of aryl methyl sites for hydroxylation is 1. The molecule has 1 saturated heterocycles. The number of sulfonamides is 1. The molecule has 0 bridgehead atoms. The summed E-state index contributed by atoms with van der Waals surface area (Å²) in [5.41, 5.74) is 8.07. The van der Waals surface area contributed by atoms with E-state index in [-0.39, 0.29) is 24.4 Å². The lowest BCUT2D eigenvalue weighted by Gasteiger charge is -2.18. The molecule has 1 aliphatic rings. The van der Waals surface area contributed by atoms with Crippen LogP contribution in [0.3, 0.4) is 0 Å². The lowest BCUT2D eigenvalue weighted by molar-refractivity contribution is 0.469. The van der Waals surface area contributed by atoms with E-state index in [0.717, 1.165) is 11.1 Å². The molecule has 0 aliphatic carbocycles. The van der Waals surface area contributed by atoms with Crippen LogP contribution in [-0.4, -0.2) is 31.9 Å². The van der Waals surface area contributed by atoms with E-state index >= 15 is 0 Å². The zero-order valence-electron chi connectivity index (χ0n) is 12.9. The maximum atomic E-state index is 12.8. The van der Waals surface area contributed by atoms with Gasteiger partial charge in [0.15, 0.2) is 0 Å². The van der Waals surface area contributed by atoms with Crippen molar-refractivity contribution >= 4 is 22.4 Å². The summed E-state index contributed by atoms with van der Waals surface area (Å²) in [6.45, 7) is 2.61. The first-order valence-electron chi connectivity index (χ1n) is 7.36. The number of halogens is 1. The highest BCUT2D eigenvalue weighted by Gasteiger charge is 2.38. The van der Waals surface area contributed by atoms with Gasteiger partial charge in [0.2, 0.25) is 10.0 Å². The minimum absolute atomic E-state index is 0. The van der Waals surface area contributed by atoms with Crippen molar-refractivity contribution in [3.05, 3.63) is 65.7 Å². The minimum Gasteiger partial charge on any atom is -0.326 e. The largest absolute Gasteiger partial charge is 0.326 e. The molecular weight excluding hydrogens is 332 g/mol. The number of rotatable bonds is 3. The average Bonchev–Trinajstić information content (AvgIpc) is 2.91. The van der Waals surface area contributed by atoms with E-state index in [9.17, 15) is 8.42 Å². The van der Waals surface area contributed by atoms with Gasteiger partial charge >= 0.3 is 0 Å². The van der Waals surface area contributed by atoms with Gasteiger partial charge in [-0.25, -0.2) is 8.42 Å². The van der Waals surface area contributed by atoms with Gasteiger partial charge in [-0.15, -0.1) is 12.4 Å². The van der Waals surface area contributed by atoms with Gasteiger partial charge in [0.05, 0.1) is 4.90 Å². The van der Waals surface area contributed by atoms with E-state index in [0.29, 0.717) is 18.0 Å². The smallest absolute Gasteiger partial charge is 0.243 e. The topological polar surface area (TPSA) is 63.4 Å². The lowest BCUT2D eigenvalue weighted by Crippen LogP contribution is -2.32. The fourth-order valence-corrected chi connectivity index (χ4v) is 4.75. The third kappa shape index (κ3) is 3.43. The average molecular weight is 353 g/mol. The predicted octanol–water partition coefficient (Wildman–Crippen LogP) is 2.53. The fourth-order valence-electron chi connectivity index (χ4n) is 3.03. The summed E-state index contributed by atoms with van der Waals surface area (Å²) < 4.78 is 27.2. The predicted molar refractivity (Wildman–Crippen MR) is 94.3 cm³/mol. The number of nitrogens with zero attached hydrogens (tertiary/aromatic N) is 1. The van der Waals surface area contributed by atoms with Gasteiger partial charge in [0.1, 0.15) is 0 Å². The quantitative estimate of drug-likeness (QED) is 0.923. The van der Waals surface area contributed by atoms with Crippen molar-refractivity contribution in [2.45, 2.75) is 23.8 Å². The summed E-state index contributed by atoms with van der Waals surface area (Å²) in [7, 11) is -3.49. The molecule has 4 nitrogen and oxygen atoms in total. The van der Waals surface area contributed by atoms with E-state index < -0.39 is 10.0 Å². The Hall–Kier alpha value is -1.40. The highest BCUT2D eigenvalue weighted by atomic mass is 35.5. The lowest BCUT2D eigenvalue weighted by atomic mass is 9.95. The van der Waals surface area contributed by atoms with Crippen molar-refractivity contribution < 1.29 is 8.42 Å². The molecule has 0 amide bonds. The third-order valence-electron chi connectivity index (χ3n) is 4.27. The van der Waals surface area contributed by atoms with Crippen LogP contribution in [0.15, 0.2) is 59.5 Å².